The molecule has 1 rings (SSSR count). The quantitative estimate of drug-likeness (QED) is 0.756. The standard InChI is InChI=1S/C7H7N3O4S2/c8-1-2-16(13,14)9-3-6-10-5(4-15-6)7(11)12/h4,9H,2-3H2,(H,11,12). The number of aromatic nitrogens is 1. The highest BCUT2D eigenvalue weighted by molar-refractivity contribution is 7.89. The van der Waals surface area contributed by atoms with E-state index in [9.17, 15) is 13.2 Å². The maximum absolute atomic E-state index is 11.1. The molecule has 0 aliphatic rings. The number of sulfonamides is 1. The van der Waals surface area contributed by atoms with Gasteiger partial charge in [-0.1, -0.05) is 0 Å². The lowest BCUT2D eigenvalue weighted by atomic mass is 10.5. The Morgan fingerprint density at radius 3 is 2.88 bits per heavy atom. The van der Waals surface area contributed by atoms with Gasteiger partial charge in [0.15, 0.2) is 11.4 Å². The Morgan fingerprint density at radius 1 is 1.69 bits per heavy atom. The molecule has 0 aliphatic heterocycles. The van der Waals surface area contributed by atoms with Crippen LogP contribution in [0.25, 0.3) is 0 Å². The van der Waals surface area contributed by atoms with Gasteiger partial charge in [0.2, 0.25) is 10.0 Å². The SMILES string of the molecule is N#CCS(=O)(=O)NCc1nc(C(=O)O)cs1. The van der Waals surface area contributed by atoms with Gasteiger partial charge in [0, 0.05) is 5.38 Å². The van der Waals surface area contributed by atoms with E-state index in [0.29, 0.717) is 5.01 Å². The highest BCUT2D eigenvalue weighted by Gasteiger charge is 2.12. The van der Waals surface area contributed by atoms with Gasteiger partial charge < -0.3 is 5.11 Å². The van der Waals surface area contributed by atoms with E-state index in [4.69, 9.17) is 10.4 Å². The molecule has 1 aromatic rings. The van der Waals surface area contributed by atoms with Crippen molar-refractivity contribution in [3.05, 3.63) is 16.1 Å². The van der Waals surface area contributed by atoms with Crippen LogP contribution in [-0.2, 0) is 16.6 Å². The molecule has 0 spiro atoms. The van der Waals surface area contributed by atoms with E-state index >= 15 is 0 Å². The molecular formula is C7H7N3O4S2. The van der Waals surface area contributed by atoms with Crippen molar-refractivity contribution in [3.63, 3.8) is 0 Å². The van der Waals surface area contributed by atoms with Crippen LogP contribution in [-0.4, -0.2) is 30.2 Å². The van der Waals surface area contributed by atoms with Gasteiger partial charge in [0.05, 0.1) is 12.6 Å². The summed E-state index contributed by atoms with van der Waals surface area (Å²) in [7, 11) is -3.63. The highest BCUT2D eigenvalue weighted by atomic mass is 32.2. The number of carboxylic acids is 1. The fourth-order valence-electron chi connectivity index (χ4n) is 0.798. The van der Waals surface area contributed by atoms with Gasteiger partial charge in [0.1, 0.15) is 5.01 Å². The Kier molecular flexibility index (Phi) is 3.94. The Hall–Kier alpha value is -1.50. The van der Waals surface area contributed by atoms with Gasteiger partial charge in [-0.2, -0.15) is 5.26 Å². The van der Waals surface area contributed by atoms with E-state index in [1.165, 1.54) is 11.4 Å². The summed E-state index contributed by atoms with van der Waals surface area (Å²) in [5.41, 5.74) is -0.125. The van der Waals surface area contributed by atoms with Gasteiger partial charge in [0.25, 0.3) is 0 Å². The third-order valence-corrected chi connectivity index (χ3v) is 3.41. The molecule has 16 heavy (non-hydrogen) atoms. The minimum atomic E-state index is -3.63. The molecule has 0 saturated heterocycles. The van der Waals surface area contributed by atoms with Crippen molar-refractivity contribution < 1.29 is 18.3 Å². The number of nitrogens with zero attached hydrogens (tertiary/aromatic N) is 2. The normalized spacial score (nSPS) is 10.9. The third-order valence-electron chi connectivity index (χ3n) is 1.47. The van der Waals surface area contributed by atoms with Crippen molar-refractivity contribution in [1.82, 2.24) is 9.71 Å². The Labute approximate surface area is 95.4 Å². The second kappa shape index (κ2) is 5.02. The Bertz CT molecular complexity index is 528. The van der Waals surface area contributed by atoms with Gasteiger partial charge in [-0.25, -0.2) is 22.9 Å². The summed E-state index contributed by atoms with van der Waals surface area (Å²) in [4.78, 5) is 14.2. The molecule has 1 heterocycles. The largest absolute Gasteiger partial charge is 0.476 e. The molecule has 0 fully saturated rings. The summed E-state index contributed by atoms with van der Waals surface area (Å²) in [5.74, 6) is -1.80. The second-order valence-electron chi connectivity index (χ2n) is 2.67. The van der Waals surface area contributed by atoms with E-state index in [1.807, 2.05) is 0 Å². The van der Waals surface area contributed by atoms with E-state index in [0.717, 1.165) is 11.3 Å². The number of hydrogen-bond donors (Lipinski definition) is 2. The van der Waals surface area contributed by atoms with Crippen LogP contribution in [0.3, 0.4) is 0 Å². The van der Waals surface area contributed by atoms with Crippen LogP contribution in [0.4, 0.5) is 0 Å². The molecule has 86 valence electrons. The van der Waals surface area contributed by atoms with Crippen molar-refractivity contribution >= 4 is 27.3 Å². The molecule has 1 aromatic heterocycles. The summed E-state index contributed by atoms with van der Waals surface area (Å²) in [6, 6.07) is 1.51. The average Bonchev–Trinajstić information content (AvgIpc) is 2.63. The van der Waals surface area contributed by atoms with Crippen LogP contribution in [0.2, 0.25) is 0 Å². The molecule has 2 N–H and O–H groups in total. The van der Waals surface area contributed by atoms with E-state index in [2.05, 4.69) is 9.71 Å². The second-order valence-corrected chi connectivity index (χ2v) is 5.42. The molecule has 7 nitrogen and oxygen atoms in total. The van der Waals surface area contributed by atoms with Crippen molar-refractivity contribution in [1.29, 1.82) is 5.26 Å². The summed E-state index contributed by atoms with van der Waals surface area (Å²) in [5, 5.41) is 18.4. The first-order chi connectivity index (χ1) is 7.44. The summed E-state index contributed by atoms with van der Waals surface area (Å²) in [6.45, 7) is -0.109. The number of nitriles is 1. The molecule has 9 heteroatoms. The number of rotatable bonds is 5. The lowest BCUT2D eigenvalue weighted by Gasteiger charge is -1.99. The minimum absolute atomic E-state index is 0.109. The topological polar surface area (TPSA) is 120 Å². The van der Waals surface area contributed by atoms with Crippen molar-refractivity contribution in [2.24, 2.45) is 0 Å². The van der Waals surface area contributed by atoms with Gasteiger partial charge in [-0.3, -0.25) is 0 Å². The van der Waals surface area contributed by atoms with Crippen molar-refractivity contribution in [3.8, 4) is 6.07 Å². The molecule has 0 atom stereocenters. The van der Waals surface area contributed by atoms with E-state index < -0.39 is 21.7 Å². The zero-order valence-electron chi connectivity index (χ0n) is 7.87. The van der Waals surface area contributed by atoms with E-state index in [1.54, 1.807) is 0 Å². The minimum Gasteiger partial charge on any atom is -0.476 e. The lowest BCUT2D eigenvalue weighted by Crippen LogP contribution is -2.25. The Balaban J connectivity index is 2.62. The van der Waals surface area contributed by atoms with Crippen LogP contribution in [0, 0.1) is 11.3 Å². The van der Waals surface area contributed by atoms with Crippen LogP contribution >= 0.6 is 11.3 Å². The average molecular weight is 261 g/mol. The van der Waals surface area contributed by atoms with Crippen molar-refractivity contribution in [2.45, 2.75) is 6.54 Å². The van der Waals surface area contributed by atoms with E-state index in [-0.39, 0.29) is 12.2 Å². The first kappa shape index (κ1) is 12.6. The molecule has 0 unspecified atom stereocenters. The fraction of sp³-hybridized carbons (Fsp3) is 0.286. The maximum Gasteiger partial charge on any atom is 0.355 e. The Morgan fingerprint density at radius 2 is 2.38 bits per heavy atom. The smallest absolute Gasteiger partial charge is 0.355 e. The molecule has 0 radical (unpaired) electrons. The molecule has 0 aromatic carbocycles. The molecule has 0 aliphatic carbocycles. The number of thiazole rings is 1. The van der Waals surface area contributed by atoms with Crippen LogP contribution in [0.15, 0.2) is 5.38 Å². The maximum atomic E-state index is 11.1. The zero-order valence-corrected chi connectivity index (χ0v) is 9.51. The first-order valence-corrected chi connectivity index (χ1v) is 6.50. The van der Waals surface area contributed by atoms with Crippen LogP contribution in [0.5, 0.6) is 0 Å². The number of aromatic carboxylic acids is 1. The molecule has 0 amide bonds. The highest BCUT2D eigenvalue weighted by Crippen LogP contribution is 2.09. The first-order valence-electron chi connectivity index (χ1n) is 3.96. The number of carbonyl (C=O) groups is 1. The lowest BCUT2D eigenvalue weighted by molar-refractivity contribution is 0.0691. The summed E-state index contributed by atoms with van der Waals surface area (Å²) >= 11 is 1.03. The van der Waals surface area contributed by atoms with Crippen LogP contribution < -0.4 is 4.72 Å². The summed E-state index contributed by atoms with van der Waals surface area (Å²) in [6.07, 6.45) is 0. The third kappa shape index (κ3) is 3.58. The fourth-order valence-corrected chi connectivity index (χ4v) is 2.23. The van der Waals surface area contributed by atoms with Gasteiger partial charge >= 0.3 is 5.97 Å². The molecule has 0 saturated carbocycles. The summed E-state index contributed by atoms with van der Waals surface area (Å²) < 4.78 is 24.3. The monoisotopic (exact) mass is 261 g/mol. The predicted octanol–water partition coefficient (Wildman–Crippen LogP) is -0.216. The van der Waals surface area contributed by atoms with Crippen LogP contribution in [0.1, 0.15) is 15.5 Å². The zero-order chi connectivity index (χ0) is 12.2. The van der Waals surface area contributed by atoms with Crippen molar-refractivity contribution in [2.75, 3.05) is 5.75 Å². The molecule has 0 bridgehead atoms. The van der Waals surface area contributed by atoms with Gasteiger partial charge in [-0.15, -0.1) is 11.3 Å². The number of nitrogens with one attached hydrogen (secondary N) is 1. The van der Waals surface area contributed by atoms with Gasteiger partial charge in [-0.05, 0) is 0 Å². The molecular weight excluding hydrogens is 254 g/mol. The number of carboxylic acid groups (broad SMARTS) is 1. The number of hydrogen-bond acceptors (Lipinski definition) is 6. The predicted molar refractivity (Wildman–Crippen MR) is 55.3 cm³/mol.